The Hall–Kier alpha value is -1.45. The number of hydrogen-bond donors (Lipinski definition) is 2. The van der Waals surface area contributed by atoms with Crippen molar-refractivity contribution in [1.29, 1.82) is 0 Å². The van der Waals surface area contributed by atoms with E-state index in [4.69, 9.17) is 5.11 Å². The molecule has 1 aromatic rings. The van der Waals surface area contributed by atoms with Crippen LogP contribution >= 0.6 is 11.3 Å². The van der Waals surface area contributed by atoms with E-state index in [2.05, 4.69) is 9.46 Å². The summed E-state index contributed by atoms with van der Waals surface area (Å²) in [7, 11) is -2.77. The average Bonchev–Trinajstić information content (AvgIpc) is 3.04. The summed E-state index contributed by atoms with van der Waals surface area (Å²) < 4.78 is 31.0. The summed E-state index contributed by atoms with van der Waals surface area (Å²) >= 11 is 0.954. The van der Waals surface area contributed by atoms with Gasteiger partial charge >= 0.3 is 11.9 Å². The van der Waals surface area contributed by atoms with Crippen LogP contribution < -0.4 is 4.72 Å². The summed E-state index contributed by atoms with van der Waals surface area (Å²) in [4.78, 5) is 22.3. The van der Waals surface area contributed by atoms with Gasteiger partial charge < -0.3 is 9.84 Å². The maximum atomic E-state index is 12.1. The van der Waals surface area contributed by atoms with Gasteiger partial charge in [0.05, 0.1) is 12.5 Å². The number of carbonyl (C=O) groups excluding carboxylic acids is 1. The number of nitrogens with one attached hydrogen (secondary N) is 1. The highest BCUT2D eigenvalue weighted by Crippen LogP contribution is 2.45. The summed E-state index contributed by atoms with van der Waals surface area (Å²) in [5.41, 5.74) is -1.01. The highest BCUT2D eigenvalue weighted by molar-refractivity contribution is 7.89. The molecule has 20 heavy (non-hydrogen) atoms. The van der Waals surface area contributed by atoms with Gasteiger partial charge in [-0.15, -0.1) is 11.3 Å². The van der Waals surface area contributed by atoms with Gasteiger partial charge in [0.2, 0.25) is 10.0 Å². The quantitative estimate of drug-likeness (QED) is 0.746. The van der Waals surface area contributed by atoms with Crippen LogP contribution in [0.2, 0.25) is 0 Å². The van der Waals surface area contributed by atoms with E-state index in [0.717, 1.165) is 18.4 Å². The van der Waals surface area contributed by atoms with Gasteiger partial charge in [-0.1, -0.05) is 0 Å². The van der Waals surface area contributed by atoms with E-state index in [0.29, 0.717) is 12.8 Å². The second-order valence-corrected chi connectivity index (χ2v) is 7.17. The van der Waals surface area contributed by atoms with Crippen LogP contribution in [-0.4, -0.2) is 39.1 Å². The van der Waals surface area contributed by atoms with E-state index in [9.17, 15) is 18.0 Å². The van der Waals surface area contributed by atoms with Gasteiger partial charge in [0.15, 0.2) is 0 Å². The van der Waals surface area contributed by atoms with Gasteiger partial charge in [0.1, 0.15) is 9.77 Å². The Morgan fingerprint density at radius 1 is 1.50 bits per heavy atom. The third-order valence-electron chi connectivity index (χ3n) is 3.20. The molecule has 0 aliphatic heterocycles. The molecular formula is C11H13NO6S2. The van der Waals surface area contributed by atoms with Gasteiger partial charge in [-0.2, -0.15) is 0 Å². The maximum Gasteiger partial charge on any atom is 0.349 e. The highest BCUT2D eigenvalue weighted by Gasteiger charge is 2.50. The lowest BCUT2D eigenvalue weighted by Gasteiger charge is -2.11. The second-order valence-electron chi connectivity index (χ2n) is 4.52. The first-order chi connectivity index (χ1) is 9.32. The van der Waals surface area contributed by atoms with E-state index in [1.807, 2.05) is 0 Å². The number of ether oxygens (including phenoxy) is 1. The zero-order valence-corrected chi connectivity index (χ0v) is 12.2. The minimum absolute atomic E-state index is 0.0276. The fourth-order valence-corrected chi connectivity index (χ4v) is 4.14. The number of rotatable bonds is 6. The number of sulfonamides is 1. The van der Waals surface area contributed by atoms with Crippen molar-refractivity contribution in [2.45, 2.75) is 17.7 Å². The van der Waals surface area contributed by atoms with E-state index in [1.54, 1.807) is 0 Å². The van der Waals surface area contributed by atoms with E-state index < -0.39 is 27.4 Å². The zero-order chi connectivity index (χ0) is 15.0. The third-order valence-corrected chi connectivity index (χ3v) is 5.66. The molecule has 0 unspecified atom stereocenters. The lowest BCUT2D eigenvalue weighted by atomic mass is 10.1. The molecule has 1 aliphatic carbocycles. The molecule has 1 saturated carbocycles. The third kappa shape index (κ3) is 2.69. The molecule has 0 bridgehead atoms. The van der Waals surface area contributed by atoms with Crippen molar-refractivity contribution in [2.75, 3.05) is 13.7 Å². The van der Waals surface area contributed by atoms with Crippen LogP contribution in [0, 0.1) is 5.41 Å². The molecule has 7 nitrogen and oxygen atoms in total. The van der Waals surface area contributed by atoms with Crippen LogP contribution in [0.5, 0.6) is 0 Å². The average molecular weight is 319 g/mol. The van der Waals surface area contributed by atoms with Gasteiger partial charge in [-0.25, -0.2) is 17.9 Å². The van der Waals surface area contributed by atoms with Crippen molar-refractivity contribution < 1.29 is 27.9 Å². The van der Waals surface area contributed by atoms with Gasteiger partial charge in [-0.05, 0) is 24.3 Å². The Morgan fingerprint density at radius 2 is 2.15 bits per heavy atom. The highest BCUT2D eigenvalue weighted by atomic mass is 32.2. The van der Waals surface area contributed by atoms with Crippen LogP contribution in [0.4, 0.5) is 0 Å². The number of carboxylic acids is 1. The van der Waals surface area contributed by atoms with Crippen LogP contribution in [0.3, 0.4) is 0 Å². The molecule has 1 fully saturated rings. The molecule has 0 aromatic carbocycles. The largest absolute Gasteiger partial charge is 0.481 e. The summed E-state index contributed by atoms with van der Waals surface area (Å²) in [6.45, 7) is -0.179. The number of thiophene rings is 1. The minimum Gasteiger partial charge on any atom is -0.481 e. The molecule has 0 radical (unpaired) electrons. The number of aliphatic carboxylic acids is 1. The number of carboxylic acid groups (broad SMARTS) is 1. The SMILES string of the molecule is COC(=O)c1sccc1S(=O)(=O)NCC1(C(=O)O)CC1. The first-order valence-corrected chi connectivity index (χ1v) is 8.07. The molecule has 0 saturated heterocycles. The molecule has 110 valence electrons. The summed E-state index contributed by atoms with van der Waals surface area (Å²) in [6, 6.07) is 1.29. The first kappa shape index (κ1) is 14.9. The topological polar surface area (TPSA) is 110 Å². The Morgan fingerprint density at radius 3 is 2.65 bits per heavy atom. The summed E-state index contributed by atoms with van der Waals surface area (Å²) in [6.07, 6.45) is 0.886. The first-order valence-electron chi connectivity index (χ1n) is 5.71. The fourth-order valence-electron chi connectivity index (χ4n) is 1.68. The van der Waals surface area contributed by atoms with Crippen LogP contribution in [0.15, 0.2) is 16.3 Å². The van der Waals surface area contributed by atoms with Crippen LogP contribution in [0.1, 0.15) is 22.5 Å². The molecule has 1 aromatic heterocycles. The van der Waals surface area contributed by atoms with Crippen LogP contribution in [0.25, 0.3) is 0 Å². The second kappa shape index (κ2) is 5.15. The van der Waals surface area contributed by atoms with Crippen molar-refractivity contribution in [3.8, 4) is 0 Å². The number of esters is 1. The monoisotopic (exact) mass is 319 g/mol. The number of methoxy groups -OCH3 is 1. The lowest BCUT2D eigenvalue weighted by molar-refractivity contribution is -0.143. The van der Waals surface area contributed by atoms with Crippen molar-refractivity contribution in [3.63, 3.8) is 0 Å². The van der Waals surface area contributed by atoms with Crippen molar-refractivity contribution >= 4 is 33.3 Å². The van der Waals surface area contributed by atoms with E-state index in [1.165, 1.54) is 11.4 Å². The van der Waals surface area contributed by atoms with Crippen LogP contribution in [-0.2, 0) is 19.6 Å². The molecule has 9 heteroatoms. The normalized spacial score (nSPS) is 16.6. The number of hydrogen-bond acceptors (Lipinski definition) is 6. The Balaban J connectivity index is 2.17. The predicted molar refractivity (Wildman–Crippen MR) is 70.1 cm³/mol. The molecule has 1 aliphatic rings. The van der Waals surface area contributed by atoms with Gasteiger partial charge in [0, 0.05) is 6.54 Å². The molecule has 2 rings (SSSR count). The molecule has 0 spiro atoms. The zero-order valence-electron chi connectivity index (χ0n) is 10.6. The molecular weight excluding hydrogens is 306 g/mol. The summed E-state index contributed by atoms with van der Waals surface area (Å²) in [5, 5.41) is 10.5. The lowest BCUT2D eigenvalue weighted by Crippen LogP contribution is -2.34. The molecule has 0 amide bonds. The van der Waals surface area contributed by atoms with E-state index >= 15 is 0 Å². The van der Waals surface area contributed by atoms with Crippen molar-refractivity contribution in [1.82, 2.24) is 4.72 Å². The Bertz CT molecular complexity index is 644. The molecule has 0 atom stereocenters. The number of carbonyl (C=O) groups is 2. The predicted octanol–water partition coefficient (Wildman–Crippen LogP) is 0.678. The van der Waals surface area contributed by atoms with E-state index in [-0.39, 0.29) is 16.3 Å². The Kier molecular flexibility index (Phi) is 3.85. The van der Waals surface area contributed by atoms with Gasteiger partial charge in [0.25, 0.3) is 0 Å². The molecule has 2 N–H and O–H groups in total. The summed E-state index contributed by atoms with van der Waals surface area (Å²) in [5.74, 6) is -1.75. The molecule has 1 heterocycles. The maximum absolute atomic E-state index is 12.1. The fraction of sp³-hybridized carbons (Fsp3) is 0.455. The minimum atomic E-state index is -3.93. The van der Waals surface area contributed by atoms with Gasteiger partial charge in [-0.3, -0.25) is 4.79 Å². The standard InChI is InChI=1S/C11H13NO6S2/c1-18-9(13)8-7(2-5-19-8)20(16,17)12-6-11(3-4-11)10(14)15/h2,5,12H,3-4,6H2,1H3,(H,14,15). The van der Waals surface area contributed by atoms with Crippen molar-refractivity contribution in [2.24, 2.45) is 5.41 Å². The Labute approximate surface area is 119 Å². The van der Waals surface area contributed by atoms with Crippen molar-refractivity contribution in [3.05, 3.63) is 16.3 Å². The smallest absolute Gasteiger partial charge is 0.349 e.